The van der Waals surface area contributed by atoms with Crippen molar-refractivity contribution in [2.75, 3.05) is 13.2 Å². The van der Waals surface area contributed by atoms with E-state index in [4.69, 9.17) is 37.4 Å². The van der Waals surface area contributed by atoms with Gasteiger partial charge in [0, 0.05) is 0 Å². The Labute approximate surface area is 231 Å². The number of ether oxygens (including phenoxy) is 3. The van der Waals surface area contributed by atoms with Gasteiger partial charge < -0.3 is 14.2 Å². The van der Waals surface area contributed by atoms with Crippen LogP contribution in [0.5, 0.6) is 11.5 Å². The Bertz CT molecular complexity index is 1190. The van der Waals surface area contributed by atoms with Crippen LogP contribution < -0.4 is 9.47 Å². The molecule has 1 aliphatic heterocycles. The lowest BCUT2D eigenvalue weighted by Gasteiger charge is -2.15. The molecule has 3 rings (SSSR count). The second-order valence-electron chi connectivity index (χ2n) is 7.61. The Balaban J connectivity index is 1.81. The van der Waals surface area contributed by atoms with E-state index in [1.165, 1.54) is 0 Å². The molecule has 7 nitrogen and oxygen atoms in total. The van der Waals surface area contributed by atoms with Crippen molar-refractivity contribution in [3.8, 4) is 11.5 Å². The maximum absolute atomic E-state index is 12.7. The van der Waals surface area contributed by atoms with Gasteiger partial charge in [-0.1, -0.05) is 29.3 Å². The molecule has 0 spiro atoms. The lowest BCUT2D eigenvalue weighted by Crippen LogP contribution is -2.35. The Morgan fingerprint density at radius 2 is 1.89 bits per heavy atom. The molecule has 2 amide bonds. The van der Waals surface area contributed by atoms with Gasteiger partial charge in [0.1, 0.15) is 13.2 Å². The molecule has 1 fully saturated rings. The van der Waals surface area contributed by atoms with Crippen LogP contribution in [0.2, 0.25) is 10.0 Å². The monoisotopic (exact) mass is 649 g/mol. The maximum atomic E-state index is 12.7. The topological polar surface area (TPSA) is 82.1 Å². The average Bonchev–Trinajstić information content (AvgIpc) is 3.02. The summed E-state index contributed by atoms with van der Waals surface area (Å²) in [7, 11) is 0. The molecule has 35 heavy (non-hydrogen) atoms. The highest BCUT2D eigenvalue weighted by molar-refractivity contribution is 14.1. The van der Waals surface area contributed by atoms with Crippen molar-refractivity contribution in [2.45, 2.75) is 33.5 Å². The molecular formula is C24H22Cl2INO6S. The molecule has 0 radical (unpaired) electrons. The quantitative estimate of drug-likeness (QED) is 0.173. The van der Waals surface area contributed by atoms with Crippen molar-refractivity contribution in [1.82, 2.24) is 4.90 Å². The molecule has 186 valence electrons. The third-order valence-corrected chi connectivity index (χ3v) is 6.97. The van der Waals surface area contributed by atoms with E-state index in [-0.39, 0.29) is 17.6 Å². The number of rotatable bonds is 9. The number of carbonyl (C=O) groups excluding carboxylic acids is 3. The number of esters is 1. The van der Waals surface area contributed by atoms with E-state index in [1.54, 1.807) is 38.1 Å². The summed E-state index contributed by atoms with van der Waals surface area (Å²) in [5, 5.41) is 0.378. The first-order valence-electron chi connectivity index (χ1n) is 10.6. The zero-order valence-electron chi connectivity index (χ0n) is 19.1. The largest absolute Gasteiger partial charge is 0.490 e. The normalized spacial score (nSPS) is 14.7. The summed E-state index contributed by atoms with van der Waals surface area (Å²) < 4.78 is 17.6. The summed E-state index contributed by atoms with van der Waals surface area (Å²) in [4.78, 5) is 38.1. The lowest BCUT2D eigenvalue weighted by atomic mass is 10.1. The van der Waals surface area contributed by atoms with Crippen molar-refractivity contribution in [2.24, 2.45) is 0 Å². The van der Waals surface area contributed by atoms with Crippen molar-refractivity contribution >= 4 is 80.7 Å². The first kappa shape index (κ1) is 27.6. The molecular weight excluding hydrogens is 628 g/mol. The predicted octanol–water partition coefficient (Wildman–Crippen LogP) is 6.56. The number of thioether (sulfide) groups is 1. The Hall–Kier alpha value is -1.95. The molecule has 0 unspecified atom stereocenters. The van der Waals surface area contributed by atoms with Crippen LogP contribution in [0.4, 0.5) is 4.79 Å². The maximum Gasteiger partial charge on any atom is 0.326 e. The zero-order chi connectivity index (χ0) is 25.7. The standard InChI is InChI=1S/C24H22Cl2INO6S/c1-4-32-19-9-15(8-18(27)22(19)33-12-14-5-6-16(25)17(26)7-14)10-20-23(30)28(24(31)35-20)11-21(29)34-13(2)3/h5-10,13H,4,11-12H2,1-3H3/b20-10+. The SMILES string of the molecule is CCOc1cc(/C=C2/SC(=O)N(CC(=O)OC(C)C)C2=O)cc(I)c1OCc1ccc(Cl)c(Cl)c1. The predicted molar refractivity (Wildman–Crippen MR) is 145 cm³/mol. The number of hydrogen-bond donors (Lipinski definition) is 0. The molecule has 0 saturated carbocycles. The second kappa shape index (κ2) is 12.3. The summed E-state index contributed by atoms with van der Waals surface area (Å²) in [5.41, 5.74) is 1.49. The lowest BCUT2D eigenvalue weighted by molar-refractivity contribution is -0.149. The molecule has 0 bridgehead atoms. The highest BCUT2D eigenvalue weighted by Crippen LogP contribution is 2.38. The zero-order valence-corrected chi connectivity index (χ0v) is 23.6. The Morgan fingerprint density at radius 3 is 2.54 bits per heavy atom. The van der Waals surface area contributed by atoms with Crippen molar-refractivity contribution in [1.29, 1.82) is 0 Å². The number of nitrogens with zero attached hydrogens (tertiary/aromatic N) is 1. The van der Waals surface area contributed by atoms with Gasteiger partial charge in [0.15, 0.2) is 11.5 Å². The summed E-state index contributed by atoms with van der Waals surface area (Å²) >= 11 is 15.0. The molecule has 0 atom stereocenters. The highest BCUT2D eigenvalue weighted by Gasteiger charge is 2.36. The minimum Gasteiger partial charge on any atom is -0.490 e. The molecule has 2 aromatic carbocycles. The first-order chi connectivity index (χ1) is 16.6. The molecule has 0 aromatic heterocycles. The van der Waals surface area contributed by atoms with Crippen molar-refractivity contribution in [3.63, 3.8) is 0 Å². The van der Waals surface area contributed by atoms with Crippen LogP contribution >= 0.6 is 57.6 Å². The fraction of sp³-hybridized carbons (Fsp3) is 0.292. The van der Waals surface area contributed by atoms with Gasteiger partial charge in [-0.2, -0.15) is 0 Å². The van der Waals surface area contributed by atoms with Crippen molar-refractivity contribution in [3.05, 3.63) is 60.0 Å². The van der Waals surface area contributed by atoms with E-state index in [0.717, 1.165) is 25.8 Å². The van der Waals surface area contributed by atoms with Gasteiger partial charge in [0.05, 0.1) is 31.2 Å². The van der Waals surface area contributed by atoms with Gasteiger partial charge in [-0.15, -0.1) is 0 Å². The van der Waals surface area contributed by atoms with E-state index in [9.17, 15) is 14.4 Å². The number of hydrogen-bond acceptors (Lipinski definition) is 7. The minimum atomic E-state index is -0.639. The van der Waals surface area contributed by atoms with Gasteiger partial charge in [-0.3, -0.25) is 19.3 Å². The number of carbonyl (C=O) groups is 3. The van der Waals surface area contributed by atoms with Crippen LogP contribution in [0.15, 0.2) is 35.2 Å². The molecule has 1 saturated heterocycles. The van der Waals surface area contributed by atoms with Gasteiger partial charge in [-0.05, 0) is 96.6 Å². The fourth-order valence-electron chi connectivity index (χ4n) is 3.08. The van der Waals surface area contributed by atoms with Crippen LogP contribution in [-0.4, -0.2) is 41.3 Å². The van der Waals surface area contributed by atoms with E-state index in [1.807, 2.05) is 19.1 Å². The Morgan fingerprint density at radius 1 is 1.14 bits per heavy atom. The van der Waals surface area contributed by atoms with Gasteiger partial charge in [-0.25, -0.2) is 0 Å². The molecule has 1 aliphatic rings. The molecule has 0 N–H and O–H groups in total. The summed E-state index contributed by atoms with van der Waals surface area (Å²) in [6.07, 6.45) is 1.25. The Kier molecular flexibility index (Phi) is 9.74. The highest BCUT2D eigenvalue weighted by atomic mass is 127. The molecule has 0 aliphatic carbocycles. The van der Waals surface area contributed by atoms with Gasteiger partial charge >= 0.3 is 5.97 Å². The summed E-state index contributed by atoms with van der Waals surface area (Å²) in [5.74, 6) is -0.153. The third-order valence-electron chi connectivity index (χ3n) is 4.52. The van der Waals surface area contributed by atoms with Crippen molar-refractivity contribution < 1.29 is 28.6 Å². The van der Waals surface area contributed by atoms with E-state index in [2.05, 4.69) is 22.6 Å². The second-order valence-corrected chi connectivity index (χ2v) is 10.6. The average molecular weight is 650 g/mol. The van der Waals surface area contributed by atoms with Crippen LogP contribution in [-0.2, 0) is 20.9 Å². The van der Waals surface area contributed by atoms with Gasteiger partial charge in [0.2, 0.25) is 0 Å². The number of amides is 2. The first-order valence-corrected chi connectivity index (χ1v) is 13.2. The minimum absolute atomic E-state index is 0.204. The van der Waals surface area contributed by atoms with E-state index in [0.29, 0.717) is 33.7 Å². The van der Waals surface area contributed by atoms with Gasteiger partial charge in [0.25, 0.3) is 11.1 Å². The van der Waals surface area contributed by atoms with Crippen LogP contribution in [0.3, 0.4) is 0 Å². The molecule has 2 aromatic rings. The number of halogens is 3. The van der Waals surface area contributed by atoms with E-state index >= 15 is 0 Å². The van der Waals surface area contributed by atoms with Crippen LogP contribution in [0, 0.1) is 3.57 Å². The third kappa shape index (κ3) is 7.28. The smallest absolute Gasteiger partial charge is 0.326 e. The molecule has 1 heterocycles. The van der Waals surface area contributed by atoms with Crippen LogP contribution in [0.1, 0.15) is 31.9 Å². The van der Waals surface area contributed by atoms with Crippen LogP contribution in [0.25, 0.3) is 6.08 Å². The number of benzene rings is 2. The molecule has 11 heteroatoms. The van der Waals surface area contributed by atoms with E-state index < -0.39 is 23.7 Å². The summed E-state index contributed by atoms with van der Waals surface area (Å²) in [6.45, 7) is 5.46. The number of imide groups is 1. The summed E-state index contributed by atoms with van der Waals surface area (Å²) in [6, 6.07) is 8.81. The fourth-order valence-corrected chi connectivity index (χ4v) is 5.02.